The maximum Gasteiger partial charge on any atom is 0.416 e. The largest absolute Gasteiger partial charge is 0.416 e. The first-order chi connectivity index (χ1) is 10.4. The Kier molecular flexibility index (Phi) is 3.66. The summed E-state index contributed by atoms with van der Waals surface area (Å²) in [7, 11) is 0. The number of fused-ring (bicyclic) bond motifs is 1. The topological polar surface area (TPSA) is 24.9 Å². The maximum absolute atomic E-state index is 12.8. The molecule has 0 aliphatic heterocycles. The smallest absolute Gasteiger partial charge is 0.355 e. The highest BCUT2D eigenvalue weighted by Crippen LogP contribution is 2.32. The molecule has 0 unspecified atom stereocenters. The molecule has 3 rings (SSSR count). The second-order valence-electron chi connectivity index (χ2n) is 4.72. The van der Waals surface area contributed by atoms with Gasteiger partial charge in [0.05, 0.1) is 11.1 Å². The third-order valence-electron chi connectivity index (χ3n) is 3.17. The van der Waals surface area contributed by atoms with Crippen LogP contribution in [0.3, 0.4) is 0 Å². The van der Waals surface area contributed by atoms with Gasteiger partial charge in [-0.25, -0.2) is 0 Å². The number of aromatic nitrogens is 1. The summed E-state index contributed by atoms with van der Waals surface area (Å²) in [5.41, 5.74) is 1.00. The minimum Gasteiger partial charge on any atom is -0.355 e. The number of rotatable bonds is 2. The molecule has 0 aliphatic carbocycles. The Morgan fingerprint density at radius 3 is 2.59 bits per heavy atom. The lowest BCUT2D eigenvalue weighted by molar-refractivity contribution is -0.137. The molecule has 0 aliphatic rings. The number of benzene rings is 2. The Hall–Kier alpha value is -2.27. The molecule has 0 spiro atoms. The second kappa shape index (κ2) is 5.50. The quantitative estimate of drug-likeness (QED) is 0.659. The fourth-order valence-corrected chi connectivity index (χ4v) is 2.33. The lowest BCUT2D eigenvalue weighted by atomic mass is 10.1. The first kappa shape index (κ1) is 14.7. The molecule has 0 amide bonds. The summed E-state index contributed by atoms with van der Waals surface area (Å²) in [6, 6.07) is 12.0. The SMILES string of the molecule is FC(F)(F)c1cccc(Nc2ccnc3cc(Cl)ccc23)c1. The summed E-state index contributed by atoms with van der Waals surface area (Å²) in [6.07, 6.45) is -2.79. The predicted octanol–water partition coefficient (Wildman–Crippen LogP) is 5.65. The van der Waals surface area contributed by atoms with E-state index in [2.05, 4.69) is 10.3 Å². The van der Waals surface area contributed by atoms with E-state index >= 15 is 0 Å². The van der Waals surface area contributed by atoms with Crippen LogP contribution in [0, 0.1) is 0 Å². The molecule has 3 aromatic rings. The van der Waals surface area contributed by atoms with Gasteiger partial charge in [0.25, 0.3) is 0 Å². The van der Waals surface area contributed by atoms with Crippen LogP contribution >= 0.6 is 11.6 Å². The van der Waals surface area contributed by atoms with Crippen molar-refractivity contribution in [2.75, 3.05) is 5.32 Å². The van der Waals surface area contributed by atoms with Crippen LogP contribution in [0.15, 0.2) is 54.7 Å². The molecule has 0 saturated carbocycles. The van der Waals surface area contributed by atoms with Crippen LogP contribution in [0.2, 0.25) is 5.02 Å². The van der Waals surface area contributed by atoms with Crippen LogP contribution in [0.1, 0.15) is 5.56 Å². The van der Waals surface area contributed by atoms with Gasteiger partial charge in [-0.15, -0.1) is 0 Å². The molecule has 112 valence electrons. The summed E-state index contributed by atoms with van der Waals surface area (Å²) < 4.78 is 38.3. The monoisotopic (exact) mass is 322 g/mol. The molecular weight excluding hydrogens is 313 g/mol. The lowest BCUT2D eigenvalue weighted by Crippen LogP contribution is -2.05. The fourth-order valence-electron chi connectivity index (χ4n) is 2.16. The van der Waals surface area contributed by atoms with Gasteiger partial charge in [0, 0.05) is 28.0 Å². The number of hydrogen-bond donors (Lipinski definition) is 1. The standard InChI is InChI=1S/C16H10ClF3N2/c17-11-4-5-13-14(6-7-21-15(13)9-11)22-12-3-1-2-10(8-12)16(18,19)20/h1-9H,(H,21,22). The van der Waals surface area contributed by atoms with Gasteiger partial charge >= 0.3 is 6.18 Å². The maximum atomic E-state index is 12.8. The zero-order valence-corrected chi connectivity index (χ0v) is 11.9. The molecular formula is C16H10ClF3N2. The minimum absolute atomic E-state index is 0.359. The summed E-state index contributed by atoms with van der Waals surface area (Å²) >= 11 is 5.92. The molecule has 2 nitrogen and oxygen atoms in total. The van der Waals surface area contributed by atoms with E-state index in [4.69, 9.17) is 11.6 Å². The molecule has 6 heteroatoms. The summed E-state index contributed by atoms with van der Waals surface area (Å²) in [5, 5.41) is 4.33. The predicted molar refractivity (Wildman–Crippen MR) is 81.5 cm³/mol. The van der Waals surface area contributed by atoms with Gasteiger partial charge in [-0.3, -0.25) is 4.98 Å². The van der Waals surface area contributed by atoms with Crippen LogP contribution in [0.4, 0.5) is 24.5 Å². The number of hydrogen-bond acceptors (Lipinski definition) is 2. The first-order valence-corrected chi connectivity index (χ1v) is 6.80. The van der Waals surface area contributed by atoms with E-state index in [1.54, 1.807) is 36.5 Å². The molecule has 1 aromatic heterocycles. The summed E-state index contributed by atoms with van der Waals surface area (Å²) in [4.78, 5) is 4.20. The van der Waals surface area contributed by atoms with E-state index in [0.717, 1.165) is 17.5 Å². The average Bonchev–Trinajstić information content (AvgIpc) is 2.46. The van der Waals surface area contributed by atoms with Crippen LogP contribution < -0.4 is 5.32 Å². The first-order valence-electron chi connectivity index (χ1n) is 6.42. The van der Waals surface area contributed by atoms with Crippen molar-refractivity contribution in [3.05, 3.63) is 65.3 Å². The molecule has 0 radical (unpaired) electrons. The Balaban J connectivity index is 2.00. The van der Waals surface area contributed by atoms with E-state index in [1.165, 1.54) is 6.07 Å². The van der Waals surface area contributed by atoms with Gasteiger partial charge in [0.1, 0.15) is 0 Å². The van der Waals surface area contributed by atoms with Crippen molar-refractivity contribution >= 4 is 33.9 Å². The van der Waals surface area contributed by atoms with E-state index in [-0.39, 0.29) is 0 Å². The fraction of sp³-hybridized carbons (Fsp3) is 0.0625. The molecule has 0 atom stereocenters. The van der Waals surface area contributed by atoms with Crippen molar-refractivity contribution in [2.45, 2.75) is 6.18 Å². The molecule has 0 bridgehead atoms. The molecule has 1 N–H and O–H groups in total. The average molecular weight is 323 g/mol. The van der Waals surface area contributed by atoms with Crippen molar-refractivity contribution in [1.29, 1.82) is 0 Å². The number of nitrogens with zero attached hydrogens (tertiary/aromatic N) is 1. The number of pyridine rings is 1. The molecule has 22 heavy (non-hydrogen) atoms. The van der Waals surface area contributed by atoms with Gasteiger partial charge < -0.3 is 5.32 Å². The van der Waals surface area contributed by atoms with Gasteiger partial charge in [-0.05, 0) is 42.5 Å². The molecule has 0 saturated heterocycles. The Morgan fingerprint density at radius 2 is 1.82 bits per heavy atom. The summed E-state index contributed by atoms with van der Waals surface area (Å²) in [5.74, 6) is 0. The Morgan fingerprint density at radius 1 is 1.00 bits per heavy atom. The van der Waals surface area contributed by atoms with Crippen LogP contribution in [0.25, 0.3) is 10.9 Å². The highest BCUT2D eigenvalue weighted by molar-refractivity contribution is 6.31. The van der Waals surface area contributed by atoms with Crippen molar-refractivity contribution < 1.29 is 13.2 Å². The molecule has 2 aromatic carbocycles. The second-order valence-corrected chi connectivity index (χ2v) is 5.16. The number of nitrogens with one attached hydrogen (secondary N) is 1. The molecule has 0 fully saturated rings. The zero-order valence-electron chi connectivity index (χ0n) is 11.2. The number of alkyl halides is 3. The Bertz CT molecular complexity index is 831. The van der Waals surface area contributed by atoms with Crippen LogP contribution in [-0.2, 0) is 6.18 Å². The highest BCUT2D eigenvalue weighted by Gasteiger charge is 2.30. The van der Waals surface area contributed by atoms with E-state index in [1.807, 2.05) is 0 Å². The van der Waals surface area contributed by atoms with Gasteiger partial charge in [0.15, 0.2) is 0 Å². The third kappa shape index (κ3) is 2.99. The highest BCUT2D eigenvalue weighted by atomic mass is 35.5. The lowest BCUT2D eigenvalue weighted by Gasteiger charge is -2.12. The van der Waals surface area contributed by atoms with Gasteiger partial charge in [0.2, 0.25) is 0 Å². The number of halogens is 4. The van der Waals surface area contributed by atoms with Gasteiger partial charge in [-0.2, -0.15) is 13.2 Å². The zero-order chi connectivity index (χ0) is 15.7. The minimum atomic E-state index is -4.37. The van der Waals surface area contributed by atoms with Crippen molar-refractivity contribution in [2.24, 2.45) is 0 Å². The van der Waals surface area contributed by atoms with Crippen molar-refractivity contribution in [3.8, 4) is 0 Å². The Labute approximate surface area is 129 Å². The van der Waals surface area contributed by atoms with Gasteiger partial charge in [-0.1, -0.05) is 17.7 Å². The number of anilines is 2. The van der Waals surface area contributed by atoms with E-state index in [0.29, 0.717) is 21.9 Å². The van der Waals surface area contributed by atoms with Crippen LogP contribution in [-0.4, -0.2) is 4.98 Å². The van der Waals surface area contributed by atoms with Crippen molar-refractivity contribution in [1.82, 2.24) is 4.98 Å². The molecule has 1 heterocycles. The van der Waals surface area contributed by atoms with E-state index in [9.17, 15) is 13.2 Å². The summed E-state index contributed by atoms with van der Waals surface area (Å²) in [6.45, 7) is 0. The third-order valence-corrected chi connectivity index (χ3v) is 3.41. The van der Waals surface area contributed by atoms with Crippen molar-refractivity contribution in [3.63, 3.8) is 0 Å². The van der Waals surface area contributed by atoms with Crippen LogP contribution in [0.5, 0.6) is 0 Å². The van der Waals surface area contributed by atoms with E-state index < -0.39 is 11.7 Å². The normalized spacial score (nSPS) is 11.6.